The van der Waals surface area contributed by atoms with Crippen LogP contribution >= 0.6 is 11.8 Å². The first-order valence-corrected chi connectivity index (χ1v) is 9.01. The van der Waals surface area contributed by atoms with E-state index in [1.54, 1.807) is 18.5 Å². The molecular formula is C15H23N5O2S. The fourth-order valence-corrected chi connectivity index (χ4v) is 2.61. The summed E-state index contributed by atoms with van der Waals surface area (Å²) in [4.78, 5) is 36.2. The Balaban J connectivity index is 1.70. The van der Waals surface area contributed by atoms with Crippen LogP contribution in [0.25, 0.3) is 0 Å². The monoisotopic (exact) mass is 337 g/mol. The van der Waals surface area contributed by atoms with Crippen molar-refractivity contribution in [3.8, 4) is 0 Å². The second-order valence-electron chi connectivity index (χ2n) is 5.34. The van der Waals surface area contributed by atoms with E-state index in [0.29, 0.717) is 32.0 Å². The summed E-state index contributed by atoms with van der Waals surface area (Å²) in [6.45, 7) is 5.02. The molecule has 1 aromatic heterocycles. The molecule has 0 aromatic carbocycles. The molecule has 1 aliphatic heterocycles. The van der Waals surface area contributed by atoms with Crippen molar-refractivity contribution in [3.05, 3.63) is 18.5 Å². The van der Waals surface area contributed by atoms with Gasteiger partial charge in [0, 0.05) is 51.5 Å². The largest absolute Gasteiger partial charge is 0.355 e. The van der Waals surface area contributed by atoms with Crippen molar-refractivity contribution >= 4 is 29.5 Å². The molecule has 0 aliphatic carbocycles. The molecule has 0 bridgehead atoms. The Morgan fingerprint density at radius 2 is 1.91 bits per heavy atom. The van der Waals surface area contributed by atoms with Gasteiger partial charge in [-0.25, -0.2) is 9.97 Å². The van der Waals surface area contributed by atoms with E-state index in [1.165, 1.54) is 11.8 Å². The number of carbonyl (C=O) groups excluding carboxylic acids is 2. The van der Waals surface area contributed by atoms with Gasteiger partial charge >= 0.3 is 0 Å². The molecule has 1 atom stereocenters. The van der Waals surface area contributed by atoms with E-state index < -0.39 is 0 Å². The molecule has 23 heavy (non-hydrogen) atoms. The average molecular weight is 337 g/mol. The van der Waals surface area contributed by atoms with Crippen LogP contribution in [0.4, 0.5) is 5.95 Å². The van der Waals surface area contributed by atoms with Crippen LogP contribution in [-0.2, 0) is 9.59 Å². The third-order valence-corrected chi connectivity index (χ3v) is 4.75. The van der Waals surface area contributed by atoms with Crippen molar-refractivity contribution in [1.29, 1.82) is 0 Å². The van der Waals surface area contributed by atoms with Crippen LogP contribution in [0.2, 0.25) is 0 Å². The molecule has 8 heteroatoms. The summed E-state index contributed by atoms with van der Waals surface area (Å²) in [7, 11) is 0. The lowest BCUT2D eigenvalue weighted by Gasteiger charge is -2.34. The Bertz CT molecular complexity index is 520. The molecular weight excluding hydrogens is 314 g/mol. The van der Waals surface area contributed by atoms with E-state index in [0.717, 1.165) is 13.1 Å². The lowest BCUT2D eigenvalue weighted by molar-refractivity contribution is -0.131. The quantitative estimate of drug-likeness (QED) is 0.809. The minimum atomic E-state index is -0.0838. The summed E-state index contributed by atoms with van der Waals surface area (Å²) >= 11 is 1.49. The normalized spacial score (nSPS) is 16.1. The van der Waals surface area contributed by atoms with Gasteiger partial charge in [0.25, 0.3) is 0 Å². The highest BCUT2D eigenvalue weighted by Crippen LogP contribution is 2.10. The highest BCUT2D eigenvalue weighted by molar-refractivity contribution is 7.99. The van der Waals surface area contributed by atoms with E-state index in [2.05, 4.69) is 20.2 Å². The van der Waals surface area contributed by atoms with Crippen molar-refractivity contribution in [1.82, 2.24) is 20.2 Å². The third-order valence-electron chi connectivity index (χ3n) is 3.83. The summed E-state index contributed by atoms with van der Waals surface area (Å²) in [5.74, 6) is 0.769. The van der Waals surface area contributed by atoms with Crippen LogP contribution in [0, 0.1) is 0 Å². The molecule has 1 aromatic rings. The highest BCUT2D eigenvalue weighted by Gasteiger charge is 2.22. The van der Waals surface area contributed by atoms with Crippen LogP contribution < -0.4 is 10.2 Å². The van der Waals surface area contributed by atoms with Crippen molar-refractivity contribution in [2.45, 2.75) is 18.6 Å². The summed E-state index contributed by atoms with van der Waals surface area (Å²) < 4.78 is 0. The molecule has 1 unspecified atom stereocenters. The van der Waals surface area contributed by atoms with Gasteiger partial charge in [-0.1, -0.05) is 0 Å². The SMILES string of the molecule is CSC(C)C(=O)NCCC(=O)N1CCN(c2ncccn2)CC1. The molecule has 1 N–H and O–H groups in total. The van der Waals surface area contributed by atoms with Gasteiger partial charge in [-0.05, 0) is 19.2 Å². The van der Waals surface area contributed by atoms with Crippen LogP contribution in [0.5, 0.6) is 0 Å². The predicted octanol–water partition coefficient (Wildman–Crippen LogP) is 0.383. The van der Waals surface area contributed by atoms with Gasteiger partial charge < -0.3 is 15.1 Å². The van der Waals surface area contributed by atoms with Crippen molar-refractivity contribution < 1.29 is 9.59 Å². The van der Waals surface area contributed by atoms with Crippen LogP contribution in [-0.4, -0.2) is 70.9 Å². The Morgan fingerprint density at radius 1 is 1.26 bits per heavy atom. The number of rotatable bonds is 6. The third kappa shape index (κ3) is 5.09. The van der Waals surface area contributed by atoms with Crippen molar-refractivity contribution in [2.24, 2.45) is 0 Å². The maximum Gasteiger partial charge on any atom is 0.232 e. The minimum Gasteiger partial charge on any atom is -0.355 e. The van der Waals surface area contributed by atoms with E-state index in [9.17, 15) is 9.59 Å². The summed E-state index contributed by atoms with van der Waals surface area (Å²) in [6.07, 6.45) is 5.68. The smallest absolute Gasteiger partial charge is 0.232 e. The number of carbonyl (C=O) groups is 2. The fourth-order valence-electron chi connectivity index (χ4n) is 2.31. The van der Waals surface area contributed by atoms with Crippen LogP contribution in [0.1, 0.15) is 13.3 Å². The average Bonchev–Trinajstić information content (AvgIpc) is 2.61. The van der Waals surface area contributed by atoms with Gasteiger partial charge in [0.1, 0.15) is 0 Å². The standard InChI is InChI=1S/C15H23N5O2S/c1-12(23-2)14(22)16-7-4-13(21)19-8-10-20(11-9-19)15-17-5-3-6-18-15/h3,5-6,12H,4,7-11H2,1-2H3,(H,16,22). The van der Waals surface area contributed by atoms with Crippen molar-refractivity contribution in [3.63, 3.8) is 0 Å². The van der Waals surface area contributed by atoms with Crippen molar-refractivity contribution in [2.75, 3.05) is 43.9 Å². The summed E-state index contributed by atoms with van der Waals surface area (Å²) in [6, 6.07) is 1.79. The van der Waals surface area contributed by atoms with Gasteiger partial charge in [0.15, 0.2) is 0 Å². The lowest BCUT2D eigenvalue weighted by atomic mass is 10.2. The number of anilines is 1. The molecule has 2 heterocycles. The van der Waals surface area contributed by atoms with Gasteiger partial charge in [-0.2, -0.15) is 11.8 Å². The van der Waals surface area contributed by atoms with Gasteiger partial charge in [0.05, 0.1) is 5.25 Å². The molecule has 1 fully saturated rings. The molecule has 1 saturated heterocycles. The molecule has 0 radical (unpaired) electrons. The number of hydrogen-bond acceptors (Lipinski definition) is 6. The molecule has 1 aliphatic rings. The second kappa shape index (κ2) is 8.71. The molecule has 126 valence electrons. The number of thioether (sulfide) groups is 1. The second-order valence-corrected chi connectivity index (χ2v) is 6.51. The lowest BCUT2D eigenvalue weighted by Crippen LogP contribution is -2.49. The number of aromatic nitrogens is 2. The molecule has 2 rings (SSSR count). The first-order chi connectivity index (χ1) is 11.1. The van der Waals surface area contributed by atoms with E-state index >= 15 is 0 Å². The molecule has 0 saturated carbocycles. The van der Waals surface area contributed by atoms with Crippen LogP contribution in [0.15, 0.2) is 18.5 Å². The number of hydrogen-bond donors (Lipinski definition) is 1. The van der Waals surface area contributed by atoms with Gasteiger partial charge in [-0.3, -0.25) is 9.59 Å². The first-order valence-electron chi connectivity index (χ1n) is 7.72. The Labute approximate surface area is 140 Å². The predicted molar refractivity (Wildman–Crippen MR) is 91.4 cm³/mol. The number of amides is 2. The highest BCUT2D eigenvalue weighted by atomic mass is 32.2. The first kappa shape index (κ1) is 17.5. The van der Waals surface area contributed by atoms with Crippen LogP contribution in [0.3, 0.4) is 0 Å². The van der Waals surface area contributed by atoms with E-state index in [1.807, 2.05) is 18.1 Å². The minimum absolute atomic E-state index is 0.0173. The molecule has 2 amide bonds. The summed E-state index contributed by atoms with van der Waals surface area (Å²) in [5.41, 5.74) is 0. The van der Waals surface area contributed by atoms with E-state index in [-0.39, 0.29) is 17.1 Å². The summed E-state index contributed by atoms with van der Waals surface area (Å²) in [5, 5.41) is 2.72. The molecule has 7 nitrogen and oxygen atoms in total. The zero-order valence-electron chi connectivity index (χ0n) is 13.6. The number of nitrogens with one attached hydrogen (secondary N) is 1. The number of piperazine rings is 1. The molecule has 0 spiro atoms. The van der Waals surface area contributed by atoms with Gasteiger partial charge in [0.2, 0.25) is 17.8 Å². The Hall–Kier alpha value is -1.83. The number of nitrogens with zero attached hydrogens (tertiary/aromatic N) is 4. The zero-order chi connectivity index (χ0) is 16.7. The zero-order valence-corrected chi connectivity index (χ0v) is 14.4. The van der Waals surface area contributed by atoms with Gasteiger partial charge in [-0.15, -0.1) is 0 Å². The Kier molecular flexibility index (Phi) is 6.64. The Morgan fingerprint density at radius 3 is 2.52 bits per heavy atom. The maximum atomic E-state index is 12.2. The fraction of sp³-hybridized carbons (Fsp3) is 0.600. The maximum absolute atomic E-state index is 12.2. The van der Waals surface area contributed by atoms with E-state index in [4.69, 9.17) is 0 Å². The topological polar surface area (TPSA) is 78.4 Å².